The summed E-state index contributed by atoms with van der Waals surface area (Å²) in [5.41, 5.74) is 0. The SMILES string of the molecule is CC(Oc1cccc(OP(=O)(Oc2ccccc2)Oc2ccccc2)c1)P(=O)(Oc1ccccc1)Oc1ccccc1. The number of phosphoric acid groups is 1. The topological polar surface area (TPSA) is 89.5 Å². The Bertz CT molecular complexity index is 1560. The van der Waals surface area contributed by atoms with Crippen molar-refractivity contribution in [1.82, 2.24) is 0 Å². The minimum atomic E-state index is -4.22. The Kier molecular flexibility index (Phi) is 9.18. The van der Waals surface area contributed by atoms with Crippen molar-refractivity contribution < 1.29 is 36.5 Å². The maximum Gasteiger partial charge on any atom is 0.647 e. The van der Waals surface area contributed by atoms with E-state index < -0.39 is 21.3 Å². The molecule has 0 saturated heterocycles. The molecule has 0 heterocycles. The number of phosphoric ester groups is 1. The lowest BCUT2D eigenvalue weighted by Crippen LogP contribution is -2.20. The van der Waals surface area contributed by atoms with Crippen LogP contribution in [0.4, 0.5) is 0 Å². The molecular weight excluding hydrogens is 574 g/mol. The van der Waals surface area contributed by atoms with Crippen LogP contribution in [0.15, 0.2) is 146 Å². The maximum atomic E-state index is 14.1. The van der Waals surface area contributed by atoms with Crippen molar-refractivity contribution in [2.24, 2.45) is 0 Å². The lowest BCUT2D eigenvalue weighted by molar-refractivity contribution is 0.243. The second-order valence-corrected chi connectivity index (χ2v) is 12.5. The Morgan fingerprint density at radius 1 is 0.429 bits per heavy atom. The summed E-state index contributed by atoms with van der Waals surface area (Å²) < 4.78 is 62.9. The van der Waals surface area contributed by atoms with Crippen LogP contribution < -0.4 is 27.4 Å². The van der Waals surface area contributed by atoms with E-state index in [9.17, 15) is 9.13 Å². The fourth-order valence-electron chi connectivity index (χ4n) is 3.70. The Hall–Kier alpha value is -4.64. The molecule has 5 aromatic carbocycles. The molecule has 0 spiro atoms. The third-order valence-electron chi connectivity index (χ3n) is 5.65. The monoisotopic (exact) mass is 602 g/mol. The van der Waals surface area contributed by atoms with Gasteiger partial charge in [0.1, 0.15) is 34.5 Å². The quantitative estimate of drug-likeness (QED) is 0.123. The second kappa shape index (κ2) is 13.3. The highest BCUT2D eigenvalue weighted by atomic mass is 31.2. The van der Waals surface area contributed by atoms with Crippen molar-refractivity contribution >= 4 is 15.4 Å². The van der Waals surface area contributed by atoms with Crippen molar-refractivity contribution in [3.8, 4) is 34.5 Å². The molecule has 1 unspecified atom stereocenters. The van der Waals surface area contributed by atoms with Gasteiger partial charge in [-0.3, -0.25) is 0 Å². The van der Waals surface area contributed by atoms with E-state index in [1.54, 1.807) is 134 Å². The van der Waals surface area contributed by atoms with Crippen LogP contribution >= 0.6 is 15.4 Å². The largest absolute Gasteiger partial charge is 0.647 e. The van der Waals surface area contributed by atoms with Crippen molar-refractivity contribution in [2.45, 2.75) is 12.8 Å². The molecule has 0 aliphatic carbocycles. The summed E-state index contributed by atoms with van der Waals surface area (Å²) in [5, 5.41) is 0. The van der Waals surface area contributed by atoms with Gasteiger partial charge < -0.3 is 27.4 Å². The van der Waals surface area contributed by atoms with Crippen LogP contribution in [-0.4, -0.2) is 5.85 Å². The molecule has 0 aromatic heterocycles. The van der Waals surface area contributed by atoms with Gasteiger partial charge in [-0.15, -0.1) is 0 Å². The summed E-state index contributed by atoms with van der Waals surface area (Å²) in [6, 6.07) is 40.9. The molecule has 0 saturated carbocycles. The van der Waals surface area contributed by atoms with Crippen LogP contribution in [0.5, 0.6) is 34.5 Å². The van der Waals surface area contributed by atoms with Crippen LogP contribution in [0.25, 0.3) is 0 Å². The average Bonchev–Trinajstić information content (AvgIpc) is 2.99. The Morgan fingerprint density at radius 2 is 0.762 bits per heavy atom. The zero-order valence-corrected chi connectivity index (χ0v) is 24.4. The first-order chi connectivity index (χ1) is 20.4. The predicted molar refractivity (Wildman–Crippen MR) is 161 cm³/mol. The smallest absolute Gasteiger partial charge is 0.476 e. The van der Waals surface area contributed by atoms with Gasteiger partial charge >= 0.3 is 15.4 Å². The van der Waals surface area contributed by atoms with Gasteiger partial charge in [-0.2, -0.15) is 4.57 Å². The lowest BCUT2D eigenvalue weighted by Gasteiger charge is -2.26. The molecule has 0 fully saturated rings. The Labute approximate surface area is 244 Å². The fourth-order valence-corrected chi connectivity index (χ4v) is 6.35. The van der Waals surface area contributed by atoms with Gasteiger partial charge in [0, 0.05) is 6.07 Å². The summed E-state index contributed by atoms with van der Waals surface area (Å²) in [6.07, 6.45) is 0. The van der Waals surface area contributed by atoms with E-state index in [1.807, 2.05) is 12.1 Å². The predicted octanol–water partition coefficient (Wildman–Crippen LogP) is 9.41. The molecule has 0 aliphatic heterocycles. The van der Waals surface area contributed by atoms with Gasteiger partial charge in [0.25, 0.3) is 0 Å². The highest BCUT2D eigenvalue weighted by molar-refractivity contribution is 7.55. The molecule has 0 radical (unpaired) electrons. The molecule has 0 amide bonds. The molecule has 0 bridgehead atoms. The first kappa shape index (κ1) is 28.9. The molecular formula is C32H28O8P2. The van der Waals surface area contributed by atoms with Crippen molar-refractivity contribution in [2.75, 3.05) is 0 Å². The maximum absolute atomic E-state index is 14.1. The molecule has 8 nitrogen and oxygen atoms in total. The lowest BCUT2D eigenvalue weighted by atomic mass is 10.3. The zero-order chi connectivity index (χ0) is 29.3. The standard InChI is InChI=1S/C32H28O8P2/c1-26(41(33,36-27-15-6-2-7-16-27)37-28-17-8-3-9-18-28)35-31-23-14-24-32(25-31)40-42(34,38-29-19-10-4-11-20-29)39-30-21-12-5-13-22-30/h2-26H,1H3. The third kappa shape index (κ3) is 7.97. The molecule has 5 aromatic rings. The van der Waals surface area contributed by atoms with Crippen LogP contribution in [0, 0.1) is 0 Å². The summed E-state index contributed by atoms with van der Waals surface area (Å²) >= 11 is 0. The zero-order valence-electron chi connectivity index (χ0n) is 22.6. The van der Waals surface area contributed by atoms with Crippen molar-refractivity contribution in [1.29, 1.82) is 0 Å². The molecule has 0 aliphatic rings. The Morgan fingerprint density at radius 3 is 1.19 bits per heavy atom. The van der Waals surface area contributed by atoms with Crippen LogP contribution in [0.3, 0.4) is 0 Å². The number of rotatable bonds is 13. The summed E-state index contributed by atoms with van der Waals surface area (Å²) in [4.78, 5) is 0. The highest BCUT2D eigenvalue weighted by Gasteiger charge is 2.39. The van der Waals surface area contributed by atoms with Gasteiger partial charge in [-0.25, -0.2) is 4.57 Å². The van der Waals surface area contributed by atoms with Gasteiger partial charge in [-0.05, 0) is 67.6 Å². The van der Waals surface area contributed by atoms with Crippen molar-refractivity contribution in [3.05, 3.63) is 146 Å². The van der Waals surface area contributed by atoms with E-state index in [0.29, 0.717) is 23.0 Å². The number of para-hydroxylation sites is 4. The summed E-state index contributed by atoms with van der Waals surface area (Å²) in [5.74, 6) is 0.672. The van der Waals surface area contributed by atoms with Crippen LogP contribution in [0.1, 0.15) is 6.92 Å². The highest BCUT2D eigenvalue weighted by Crippen LogP contribution is 2.54. The van der Waals surface area contributed by atoms with Crippen molar-refractivity contribution in [3.63, 3.8) is 0 Å². The number of hydrogen-bond acceptors (Lipinski definition) is 8. The number of benzene rings is 5. The minimum absolute atomic E-state index is 0.137. The van der Waals surface area contributed by atoms with Gasteiger partial charge in [0.2, 0.25) is 5.85 Å². The van der Waals surface area contributed by atoms with E-state index in [0.717, 1.165) is 0 Å². The molecule has 214 valence electrons. The first-order valence-electron chi connectivity index (χ1n) is 13.0. The van der Waals surface area contributed by atoms with Gasteiger partial charge in [-0.1, -0.05) is 78.9 Å². The molecule has 42 heavy (non-hydrogen) atoms. The molecule has 1 atom stereocenters. The first-order valence-corrected chi connectivity index (χ1v) is 16.1. The number of hydrogen-bond donors (Lipinski definition) is 0. The molecule has 10 heteroatoms. The van der Waals surface area contributed by atoms with E-state index in [-0.39, 0.29) is 11.5 Å². The summed E-state index contributed by atoms with van der Waals surface area (Å²) in [7, 11) is -8.16. The normalized spacial score (nSPS) is 12.0. The fraction of sp³-hybridized carbons (Fsp3) is 0.0625. The third-order valence-corrected chi connectivity index (χ3v) is 8.88. The average molecular weight is 603 g/mol. The van der Waals surface area contributed by atoms with E-state index >= 15 is 0 Å². The van der Waals surface area contributed by atoms with E-state index in [1.165, 1.54) is 6.07 Å². The summed E-state index contributed by atoms with van der Waals surface area (Å²) in [6.45, 7) is 1.59. The van der Waals surface area contributed by atoms with Crippen LogP contribution in [-0.2, 0) is 9.13 Å². The Balaban J connectivity index is 1.37. The van der Waals surface area contributed by atoms with Gasteiger partial charge in [0.05, 0.1) is 0 Å². The number of ether oxygens (including phenoxy) is 1. The van der Waals surface area contributed by atoms with E-state index in [2.05, 4.69) is 0 Å². The van der Waals surface area contributed by atoms with E-state index in [4.69, 9.17) is 27.4 Å². The second-order valence-electron chi connectivity index (χ2n) is 8.89. The van der Waals surface area contributed by atoms with Gasteiger partial charge in [0.15, 0.2) is 0 Å². The minimum Gasteiger partial charge on any atom is -0.476 e. The van der Waals surface area contributed by atoms with Crippen LogP contribution in [0.2, 0.25) is 0 Å². The molecule has 0 N–H and O–H groups in total. The molecule has 5 rings (SSSR count).